The lowest BCUT2D eigenvalue weighted by atomic mass is 9.86. The molecule has 0 radical (unpaired) electrons. The highest BCUT2D eigenvalue weighted by Gasteiger charge is 2.25. The van der Waals surface area contributed by atoms with Crippen LogP contribution in [0.25, 0.3) is 0 Å². The number of amides is 2. The highest BCUT2D eigenvalue weighted by Crippen LogP contribution is 2.24. The molecule has 1 rings (SSSR count). The van der Waals surface area contributed by atoms with Gasteiger partial charge < -0.3 is 21.1 Å². The normalized spacial score (nSPS) is 22.1. The van der Waals surface area contributed by atoms with Crippen molar-refractivity contribution in [3.63, 3.8) is 0 Å². The van der Waals surface area contributed by atoms with Crippen molar-refractivity contribution in [1.29, 1.82) is 0 Å². The molecule has 0 aromatic heterocycles. The molecule has 4 N–H and O–H groups in total. The smallest absolute Gasteiger partial charge is 0.306 e. The van der Waals surface area contributed by atoms with Crippen molar-refractivity contribution >= 4 is 17.8 Å². The number of carboxylic acid groups (broad SMARTS) is 1. The summed E-state index contributed by atoms with van der Waals surface area (Å²) in [6.45, 7) is 2.48. The zero-order valence-electron chi connectivity index (χ0n) is 11.8. The molecule has 20 heavy (non-hydrogen) atoms. The van der Waals surface area contributed by atoms with Gasteiger partial charge in [-0.25, -0.2) is 0 Å². The van der Waals surface area contributed by atoms with E-state index in [1.165, 1.54) is 6.92 Å². The maximum Gasteiger partial charge on any atom is 0.306 e. The van der Waals surface area contributed by atoms with Crippen molar-refractivity contribution in [3.05, 3.63) is 0 Å². The van der Waals surface area contributed by atoms with Crippen molar-refractivity contribution in [3.8, 4) is 0 Å². The summed E-state index contributed by atoms with van der Waals surface area (Å²) in [6.07, 6.45) is 2.90. The van der Waals surface area contributed by atoms with Crippen molar-refractivity contribution in [2.24, 2.45) is 5.92 Å². The second kappa shape index (κ2) is 8.52. The van der Waals surface area contributed by atoms with E-state index in [0.29, 0.717) is 25.9 Å². The third-order valence-corrected chi connectivity index (χ3v) is 3.45. The van der Waals surface area contributed by atoms with Gasteiger partial charge in [-0.05, 0) is 25.7 Å². The summed E-state index contributed by atoms with van der Waals surface area (Å²) in [6, 6.07) is 0.215. The van der Waals surface area contributed by atoms with Crippen LogP contribution in [0.1, 0.15) is 32.6 Å². The van der Waals surface area contributed by atoms with Gasteiger partial charge in [-0.1, -0.05) is 0 Å². The maximum absolute atomic E-state index is 11.5. The van der Waals surface area contributed by atoms with E-state index in [0.717, 1.165) is 12.8 Å². The predicted molar refractivity (Wildman–Crippen MR) is 73.1 cm³/mol. The summed E-state index contributed by atoms with van der Waals surface area (Å²) in [5.41, 5.74) is 0. The number of carbonyl (C=O) groups is 3. The van der Waals surface area contributed by atoms with Crippen molar-refractivity contribution in [2.75, 3.05) is 19.6 Å². The van der Waals surface area contributed by atoms with E-state index in [2.05, 4.69) is 16.0 Å². The summed E-state index contributed by atoms with van der Waals surface area (Å²) >= 11 is 0. The lowest BCUT2D eigenvalue weighted by Gasteiger charge is -2.26. The average molecular weight is 285 g/mol. The van der Waals surface area contributed by atoms with Crippen LogP contribution < -0.4 is 16.0 Å². The van der Waals surface area contributed by atoms with Gasteiger partial charge in [0.2, 0.25) is 11.8 Å². The molecule has 1 aliphatic carbocycles. The monoisotopic (exact) mass is 285 g/mol. The molecule has 0 bridgehead atoms. The highest BCUT2D eigenvalue weighted by atomic mass is 16.4. The molecule has 0 aromatic rings. The molecule has 7 nitrogen and oxygen atoms in total. The Balaban J connectivity index is 2.07. The molecule has 7 heteroatoms. The van der Waals surface area contributed by atoms with E-state index >= 15 is 0 Å². The minimum atomic E-state index is -0.723. The number of carbonyl (C=O) groups excluding carboxylic acids is 2. The van der Waals surface area contributed by atoms with Gasteiger partial charge in [-0.2, -0.15) is 0 Å². The summed E-state index contributed by atoms with van der Waals surface area (Å²) < 4.78 is 0. The molecule has 0 unspecified atom stereocenters. The van der Waals surface area contributed by atoms with E-state index in [4.69, 9.17) is 5.11 Å². The van der Waals surface area contributed by atoms with E-state index in [-0.39, 0.29) is 30.3 Å². The molecule has 0 heterocycles. The van der Waals surface area contributed by atoms with Crippen LogP contribution in [-0.4, -0.2) is 48.6 Å². The van der Waals surface area contributed by atoms with Gasteiger partial charge in [-0.15, -0.1) is 0 Å². The van der Waals surface area contributed by atoms with Gasteiger partial charge in [0.1, 0.15) is 0 Å². The first-order valence-electron chi connectivity index (χ1n) is 6.96. The lowest BCUT2D eigenvalue weighted by Crippen LogP contribution is -2.43. The quantitative estimate of drug-likeness (QED) is 0.470. The van der Waals surface area contributed by atoms with Crippen LogP contribution in [0.5, 0.6) is 0 Å². The zero-order valence-corrected chi connectivity index (χ0v) is 11.8. The molecule has 1 aliphatic rings. The standard InChI is InChI=1S/C13H23N3O4/c1-9(17)14-6-7-15-12(18)8-16-11-4-2-10(3-5-11)13(19)20/h10-11,16H,2-8H2,1H3,(H,14,17)(H,15,18)(H,19,20). The van der Waals surface area contributed by atoms with Gasteiger partial charge in [-0.3, -0.25) is 14.4 Å². The van der Waals surface area contributed by atoms with Crippen molar-refractivity contribution < 1.29 is 19.5 Å². The molecule has 1 saturated carbocycles. The number of rotatable bonds is 7. The Labute approximate surface area is 118 Å². The Morgan fingerprint density at radius 2 is 1.65 bits per heavy atom. The first-order chi connectivity index (χ1) is 9.49. The van der Waals surface area contributed by atoms with Crippen LogP contribution in [0.2, 0.25) is 0 Å². The Morgan fingerprint density at radius 3 is 2.20 bits per heavy atom. The van der Waals surface area contributed by atoms with Crippen LogP contribution in [0.15, 0.2) is 0 Å². The number of hydrogen-bond acceptors (Lipinski definition) is 4. The van der Waals surface area contributed by atoms with Crippen LogP contribution in [0.3, 0.4) is 0 Å². The molecule has 0 aromatic carbocycles. The molecule has 0 atom stereocenters. The van der Waals surface area contributed by atoms with E-state index in [1.54, 1.807) is 0 Å². The Morgan fingerprint density at radius 1 is 1.05 bits per heavy atom. The first kappa shape index (κ1) is 16.4. The largest absolute Gasteiger partial charge is 0.481 e. The average Bonchev–Trinajstić information content (AvgIpc) is 2.41. The third kappa shape index (κ3) is 6.51. The first-order valence-corrected chi connectivity index (χ1v) is 6.96. The predicted octanol–water partition coefficient (Wildman–Crippen LogP) is -0.528. The fraction of sp³-hybridized carbons (Fsp3) is 0.769. The number of nitrogens with one attached hydrogen (secondary N) is 3. The summed E-state index contributed by atoms with van der Waals surface area (Å²) in [7, 11) is 0. The molecule has 2 amide bonds. The van der Waals surface area contributed by atoms with Gasteiger partial charge in [0.15, 0.2) is 0 Å². The number of aliphatic carboxylic acids is 1. The highest BCUT2D eigenvalue weighted by molar-refractivity contribution is 5.78. The Bertz CT molecular complexity index is 352. The van der Waals surface area contributed by atoms with Crippen LogP contribution >= 0.6 is 0 Å². The SMILES string of the molecule is CC(=O)NCCNC(=O)CNC1CCC(C(=O)O)CC1. The molecule has 0 saturated heterocycles. The maximum atomic E-state index is 11.5. The molecule has 0 aliphatic heterocycles. The molecular weight excluding hydrogens is 262 g/mol. The topological polar surface area (TPSA) is 108 Å². The summed E-state index contributed by atoms with van der Waals surface area (Å²) in [5, 5.41) is 17.3. The van der Waals surface area contributed by atoms with E-state index < -0.39 is 5.97 Å². The van der Waals surface area contributed by atoms with Gasteiger partial charge in [0, 0.05) is 26.1 Å². The van der Waals surface area contributed by atoms with Crippen LogP contribution in [-0.2, 0) is 14.4 Å². The minimum Gasteiger partial charge on any atom is -0.481 e. The van der Waals surface area contributed by atoms with Crippen molar-refractivity contribution in [2.45, 2.75) is 38.6 Å². The number of hydrogen-bond donors (Lipinski definition) is 4. The third-order valence-electron chi connectivity index (χ3n) is 3.45. The van der Waals surface area contributed by atoms with Gasteiger partial charge in [0.25, 0.3) is 0 Å². The van der Waals surface area contributed by atoms with Crippen LogP contribution in [0.4, 0.5) is 0 Å². The van der Waals surface area contributed by atoms with Crippen molar-refractivity contribution in [1.82, 2.24) is 16.0 Å². The summed E-state index contributed by atoms with van der Waals surface area (Å²) in [5.74, 6) is -1.19. The molecular formula is C13H23N3O4. The Hall–Kier alpha value is -1.63. The molecule has 0 spiro atoms. The van der Waals surface area contributed by atoms with Crippen LogP contribution in [0, 0.1) is 5.92 Å². The second-order valence-electron chi connectivity index (χ2n) is 5.10. The van der Waals surface area contributed by atoms with Gasteiger partial charge in [0.05, 0.1) is 12.5 Å². The van der Waals surface area contributed by atoms with E-state index in [9.17, 15) is 14.4 Å². The number of carboxylic acids is 1. The zero-order chi connectivity index (χ0) is 15.0. The Kier molecular flexibility index (Phi) is 7.00. The second-order valence-corrected chi connectivity index (χ2v) is 5.10. The fourth-order valence-electron chi connectivity index (χ4n) is 2.28. The minimum absolute atomic E-state index is 0.115. The van der Waals surface area contributed by atoms with E-state index in [1.807, 2.05) is 0 Å². The fourth-order valence-corrected chi connectivity index (χ4v) is 2.28. The lowest BCUT2D eigenvalue weighted by molar-refractivity contribution is -0.143. The molecule has 114 valence electrons. The summed E-state index contributed by atoms with van der Waals surface area (Å²) in [4.78, 5) is 32.9. The van der Waals surface area contributed by atoms with Gasteiger partial charge >= 0.3 is 5.97 Å². The molecule has 1 fully saturated rings.